The number of benzene rings is 1. The molecule has 0 spiro atoms. The minimum atomic E-state index is -1.14. The Bertz CT molecular complexity index is 815. The van der Waals surface area contributed by atoms with Gasteiger partial charge in [0.1, 0.15) is 10.8 Å². The molecular formula is C15H13N3O3S. The Hall–Kier alpha value is -2.54. The monoisotopic (exact) mass is 315 g/mol. The lowest BCUT2D eigenvalue weighted by molar-refractivity contribution is 0.193. The van der Waals surface area contributed by atoms with Crippen molar-refractivity contribution in [1.82, 2.24) is 14.8 Å². The Labute approximate surface area is 130 Å². The van der Waals surface area contributed by atoms with Crippen molar-refractivity contribution in [2.45, 2.75) is 10.8 Å². The van der Waals surface area contributed by atoms with E-state index in [4.69, 9.17) is 4.74 Å². The summed E-state index contributed by atoms with van der Waals surface area (Å²) in [7, 11) is 1.63. The molecule has 0 aliphatic carbocycles. The fraction of sp³-hybridized carbons (Fsp3) is 0.133. The van der Waals surface area contributed by atoms with Crippen molar-refractivity contribution in [1.29, 1.82) is 0 Å². The van der Waals surface area contributed by atoms with Gasteiger partial charge >= 0.3 is 6.09 Å². The number of nitrogens with zero attached hydrogens (tertiary/aromatic N) is 3. The summed E-state index contributed by atoms with van der Waals surface area (Å²) < 4.78 is 6.03. The van der Waals surface area contributed by atoms with E-state index in [1.807, 2.05) is 30.3 Å². The Morgan fingerprint density at radius 3 is 2.77 bits per heavy atom. The highest BCUT2D eigenvalue weighted by Crippen LogP contribution is 2.29. The number of ether oxygens (including phenoxy) is 1. The van der Waals surface area contributed by atoms with Gasteiger partial charge in [0.25, 0.3) is 0 Å². The summed E-state index contributed by atoms with van der Waals surface area (Å²) in [5.74, 6) is 1.49. The number of hydrogen-bond donors (Lipinski definition) is 1. The molecule has 0 saturated carbocycles. The molecule has 2 heterocycles. The molecule has 0 atom stereocenters. The molecule has 3 rings (SSSR count). The molecule has 0 amide bonds. The van der Waals surface area contributed by atoms with Gasteiger partial charge in [-0.1, -0.05) is 23.9 Å². The molecule has 0 saturated heterocycles. The molecule has 0 radical (unpaired) electrons. The molecule has 6 nitrogen and oxygen atoms in total. The first-order chi connectivity index (χ1) is 10.7. The zero-order valence-corrected chi connectivity index (χ0v) is 12.6. The summed E-state index contributed by atoms with van der Waals surface area (Å²) in [5.41, 5.74) is 1.46. The normalized spacial score (nSPS) is 10.8. The summed E-state index contributed by atoms with van der Waals surface area (Å²) in [4.78, 5) is 15.3. The minimum Gasteiger partial charge on any atom is -0.497 e. The highest BCUT2D eigenvalue weighted by atomic mass is 32.2. The van der Waals surface area contributed by atoms with Crippen molar-refractivity contribution in [3.63, 3.8) is 0 Å². The van der Waals surface area contributed by atoms with Crippen LogP contribution in [-0.4, -0.2) is 33.1 Å². The SMILES string of the molecule is COc1ccc(CSc2nn(C(=O)O)c3ncccc23)cc1. The van der Waals surface area contributed by atoms with E-state index < -0.39 is 6.09 Å². The van der Waals surface area contributed by atoms with Gasteiger partial charge in [-0.2, -0.15) is 5.10 Å². The van der Waals surface area contributed by atoms with E-state index in [1.165, 1.54) is 11.8 Å². The van der Waals surface area contributed by atoms with Crippen LogP contribution >= 0.6 is 11.8 Å². The lowest BCUT2D eigenvalue weighted by Gasteiger charge is -2.02. The number of thioether (sulfide) groups is 1. The molecule has 2 aromatic heterocycles. The van der Waals surface area contributed by atoms with Crippen molar-refractivity contribution in [3.8, 4) is 5.75 Å². The number of carboxylic acid groups (broad SMARTS) is 1. The van der Waals surface area contributed by atoms with Crippen LogP contribution < -0.4 is 4.74 Å². The van der Waals surface area contributed by atoms with Crippen LogP contribution in [0.4, 0.5) is 4.79 Å². The maximum Gasteiger partial charge on any atom is 0.434 e. The van der Waals surface area contributed by atoms with E-state index in [-0.39, 0.29) is 0 Å². The van der Waals surface area contributed by atoms with Crippen molar-refractivity contribution >= 4 is 28.9 Å². The van der Waals surface area contributed by atoms with E-state index >= 15 is 0 Å². The van der Waals surface area contributed by atoms with E-state index in [0.717, 1.165) is 21.4 Å². The van der Waals surface area contributed by atoms with E-state index in [0.29, 0.717) is 16.4 Å². The second-order valence-corrected chi connectivity index (χ2v) is 5.47. The zero-order valence-electron chi connectivity index (χ0n) is 11.8. The van der Waals surface area contributed by atoms with Gasteiger partial charge in [-0.05, 0) is 29.8 Å². The van der Waals surface area contributed by atoms with Crippen LogP contribution in [0.3, 0.4) is 0 Å². The molecule has 0 aliphatic heterocycles. The summed E-state index contributed by atoms with van der Waals surface area (Å²) in [5, 5.41) is 14.7. The molecule has 0 aliphatic rings. The van der Waals surface area contributed by atoms with Crippen LogP contribution in [0.1, 0.15) is 5.56 Å². The van der Waals surface area contributed by atoms with Gasteiger partial charge in [0, 0.05) is 11.9 Å². The summed E-state index contributed by atoms with van der Waals surface area (Å²) in [6, 6.07) is 11.3. The van der Waals surface area contributed by atoms with Crippen LogP contribution in [0.2, 0.25) is 0 Å². The number of methoxy groups -OCH3 is 1. The second kappa shape index (κ2) is 6.07. The summed E-state index contributed by atoms with van der Waals surface area (Å²) >= 11 is 1.48. The third-order valence-electron chi connectivity index (χ3n) is 3.12. The zero-order chi connectivity index (χ0) is 15.5. The third kappa shape index (κ3) is 2.75. The van der Waals surface area contributed by atoms with Crippen molar-refractivity contribution in [3.05, 3.63) is 48.2 Å². The van der Waals surface area contributed by atoms with Gasteiger partial charge < -0.3 is 9.84 Å². The summed E-state index contributed by atoms with van der Waals surface area (Å²) in [6.07, 6.45) is 0.418. The smallest absolute Gasteiger partial charge is 0.434 e. The van der Waals surface area contributed by atoms with E-state index in [2.05, 4.69) is 10.1 Å². The Morgan fingerprint density at radius 2 is 2.09 bits per heavy atom. The van der Waals surface area contributed by atoms with Crippen LogP contribution in [-0.2, 0) is 5.75 Å². The fourth-order valence-electron chi connectivity index (χ4n) is 2.04. The van der Waals surface area contributed by atoms with Crippen LogP contribution in [0.5, 0.6) is 5.75 Å². The van der Waals surface area contributed by atoms with Gasteiger partial charge in [-0.25, -0.2) is 9.78 Å². The average molecular weight is 315 g/mol. The predicted octanol–water partition coefficient (Wildman–Crippen LogP) is 3.26. The number of pyridine rings is 1. The van der Waals surface area contributed by atoms with Gasteiger partial charge in [-0.3, -0.25) is 0 Å². The van der Waals surface area contributed by atoms with Gasteiger partial charge in [-0.15, -0.1) is 4.68 Å². The Kier molecular flexibility index (Phi) is 3.97. The predicted molar refractivity (Wildman–Crippen MR) is 83.5 cm³/mol. The number of hydrogen-bond acceptors (Lipinski definition) is 5. The average Bonchev–Trinajstić information content (AvgIpc) is 2.92. The summed E-state index contributed by atoms with van der Waals surface area (Å²) in [6.45, 7) is 0. The molecule has 0 unspecified atom stereocenters. The van der Waals surface area contributed by atoms with Gasteiger partial charge in [0.15, 0.2) is 5.65 Å². The maximum absolute atomic E-state index is 11.2. The van der Waals surface area contributed by atoms with E-state index in [9.17, 15) is 9.90 Å². The van der Waals surface area contributed by atoms with Crippen LogP contribution in [0.15, 0.2) is 47.6 Å². The lowest BCUT2D eigenvalue weighted by atomic mass is 10.2. The molecule has 0 bridgehead atoms. The van der Waals surface area contributed by atoms with Gasteiger partial charge in [0.2, 0.25) is 0 Å². The number of aromatic nitrogens is 3. The minimum absolute atomic E-state index is 0.354. The molecule has 0 fully saturated rings. The quantitative estimate of drug-likeness (QED) is 0.745. The van der Waals surface area contributed by atoms with E-state index in [1.54, 1.807) is 19.4 Å². The second-order valence-electron chi connectivity index (χ2n) is 4.51. The molecule has 1 N–H and O–H groups in total. The number of carbonyl (C=O) groups is 1. The topological polar surface area (TPSA) is 77.2 Å². The van der Waals surface area contributed by atoms with Crippen LogP contribution in [0, 0.1) is 0 Å². The largest absolute Gasteiger partial charge is 0.497 e. The van der Waals surface area contributed by atoms with Crippen LogP contribution in [0.25, 0.3) is 11.0 Å². The first-order valence-corrected chi connectivity index (χ1v) is 7.50. The fourth-order valence-corrected chi connectivity index (χ4v) is 2.99. The van der Waals surface area contributed by atoms with Gasteiger partial charge in [0.05, 0.1) is 12.5 Å². The molecule has 22 heavy (non-hydrogen) atoms. The van der Waals surface area contributed by atoms with Crippen molar-refractivity contribution < 1.29 is 14.6 Å². The molecule has 7 heteroatoms. The standard InChI is InChI=1S/C15H13N3O3S/c1-21-11-6-4-10(5-7-11)9-22-14-12-3-2-8-16-13(12)18(17-14)15(19)20/h2-8H,9H2,1H3,(H,19,20). The third-order valence-corrected chi connectivity index (χ3v) is 4.18. The molecule has 3 aromatic rings. The number of rotatable bonds is 4. The molecule has 112 valence electrons. The highest BCUT2D eigenvalue weighted by Gasteiger charge is 2.15. The van der Waals surface area contributed by atoms with Crippen molar-refractivity contribution in [2.24, 2.45) is 0 Å². The molecule has 1 aromatic carbocycles. The lowest BCUT2D eigenvalue weighted by Crippen LogP contribution is -2.10. The Morgan fingerprint density at radius 1 is 1.32 bits per heavy atom. The van der Waals surface area contributed by atoms with Crippen molar-refractivity contribution in [2.75, 3.05) is 7.11 Å². The first kappa shape index (κ1) is 14.4. The first-order valence-electron chi connectivity index (χ1n) is 6.52. The molecular weight excluding hydrogens is 302 g/mol. The maximum atomic E-state index is 11.2. The number of fused-ring (bicyclic) bond motifs is 1. The Balaban J connectivity index is 1.85. The highest BCUT2D eigenvalue weighted by molar-refractivity contribution is 7.98.